The largest absolute Gasteiger partial charge is 0.478 e. The molecule has 5 heteroatoms. The number of nitrogens with zero attached hydrogens (tertiary/aromatic N) is 1. The minimum Gasteiger partial charge on any atom is -0.478 e. The topological polar surface area (TPSA) is 66.8 Å². The molecular formula is C17H25NO4. The van der Waals surface area contributed by atoms with Gasteiger partial charge in [-0.05, 0) is 44.9 Å². The van der Waals surface area contributed by atoms with Gasteiger partial charge >= 0.3 is 12.1 Å². The van der Waals surface area contributed by atoms with Gasteiger partial charge in [-0.1, -0.05) is 25.5 Å². The van der Waals surface area contributed by atoms with Crippen molar-refractivity contribution in [1.29, 1.82) is 0 Å². The zero-order chi connectivity index (χ0) is 16.8. The molecule has 0 aliphatic heterocycles. The van der Waals surface area contributed by atoms with E-state index in [2.05, 4.69) is 6.92 Å². The molecule has 5 nitrogen and oxygen atoms in total. The van der Waals surface area contributed by atoms with Crippen molar-refractivity contribution < 1.29 is 19.4 Å². The number of carbonyl (C=O) groups excluding carboxylic acids is 1. The first-order valence-corrected chi connectivity index (χ1v) is 7.53. The van der Waals surface area contributed by atoms with Crippen molar-refractivity contribution in [1.82, 2.24) is 4.90 Å². The van der Waals surface area contributed by atoms with Crippen molar-refractivity contribution in [3.63, 3.8) is 0 Å². The molecule has 22 heavy (non-hydrogen) atoms. The molecule has 0 radical (unpaired) electrons. The van der Waals surface area contributed by atoms with Crippen LogP contribution in [-0.4, -0.2) is 34.2 Å². The van der Waals surface area contributed by atoms with Gasteiger partial charge in [0, 0.05) is 13.1 Å². The van der Waals surface area contributed by atoms with Crippen LogP contribution in [0.3, 0.4) is 0 Å². The second-order valence-electron chi connectivity index (χ2n) is 6.26. The zero-order valence-electron chi connectivity index (χ0n) is 13.8. The third kappa shape index (κ3) is 6.16. The summed E-state index contributed by atoms with van der Waals surface area (Å²) in [6.45, 7) is 8.61. The first kappa shape index (κ1) is 18.0. The van der Waals surface area contributed by atoms with Crippen molar-refractivity contribution in [3.8, 4) is 0 Å². The fourth-order valence-electron chi connectivity index (χ4n) is 1.88. The minimum absolute atomic E-state index is 0.237. The summed E-state index contributed by atoms with van der Waals surface area (Å²) in [6.07, 6.45) is 1.53. The average molecular weight is 307 g/mol. The number of aromatic carboxylic acids is 1. The van der Waals surface area contributed by atoms with Gasteiger partial charge in [-0.15, -0.1) is 0 Å². The molecule has 0 spiro atoms. The molecule has 1 rings (SSSR count). The number of rotatable bonds is 6. The van der Waals surface area contributed by atoms with Crippen LogP contribution in [0.25, 0.3) is 0 Å². The quantitative estimate of drug-likeness (QED) is 0.865. The number of ether oxygens (including phenoxy) is 1. The average Bonchev–Trinajstić information content (AvgIpc) is 2.42. The number of benzene rings is 1. The summed E-state index contributed by atoms with van der Waals surface area (Å²) in [5.41, 5.74) is 0.586. The molecule has 0 unspecified atom stereocenters. The number of hydrogen-bond donors (Lipinski definition) is 1. The van der Waals surface area contributed by atoms with Crippen LogP contribution in [0.1, 0.15) is 56.5 Å². The van der Waals surface area contributed by atoms with Gasteiger partial charge in [0.15, 0.2) is 0 Å². The highest BCUT2D eigenvalue weighted by Crippen LogP contribution is 2.14. The van der Waals surface area contributed by atoms with E-state index in [0.29, 0.717) is 13.1 Å². The van der Waals surface area contributed by atoms with Crippen LogP contribution < -0.4 is 0 Å². The first-order valence-electron chi connectivity index (χ1n) is 7.53. The van der Waals surface area contributed by atoms with E-state index in [1.54, 1.807) is 29.2 Å². The van der Waals surface area contributed by atoms with Crippen LogP contribution in [0.15, 0.2) is 24.3 Å². The van der Waals surface area contributed by atoms with Crippen molar-refractivity contribution in [2.45, 2.75) is 52.7 Å². The maximum atomic E-state index is 12.3. The van der Waals surface area contributed by atoms with Crippen LogP contribution in [0.2, 0.25) is 0 Å². The van der Waals surface area contributed by atoms with E-state index in [1.807, 2.05) is 20.8 Å². The molecule has 1 aromatic rings. The minimum atomic E-state index is -0.957. The second-order valence-corrected chi connectivity index (χ2v) is 6.26. The van der Waals surface area contributed by atoms with E-state index in [9.17, 15) is 9.59 Å². The Morgan fingerprint density at radius 1 is 1.18 bits per heavy atom. The Hall–Kier alpha value is -2.04. The van der Waals surface area contributed by atoms with Crippen LogP contribution in [0.5, 0.6) is 0 Å². The molecule has 0 fully saturated rings. The van der Waals surface area contributed by atoms with E-state index < -0.39 is 11.6 Å². The summed E-state index contributed by atoms with van der Waals surface area (Å²) in [5.74, 6) is -0.957. The molecule has 0 saturated carbocycles. The summed E-state index contributed by atoms with van der Waals surface area (Å²) in [7, 11) is 0. The van der Waals surface area contributed by atoms with E-state index in [0.717, 1.165) is 18.4 Å². The highest BCUT2D eigenvalue weighted by molar-refractivity contribution is 5.87. The van der Waals surface area contributed by atoms with Crippen LogP contribution in [-0.2, 0) is 11.3 Å². The summed E-state index contributed by atoms with van der Waals surface area (Å²) < 4.78 is 5.42. The lowest BCUT2D eigenvalue weighted by Crippen LogP contribution is -2.37. The number of hydrogen-bond acceptors (Lipinski definition) is 3. The first-order chi connectivity index (χ1) is 10.2. The Morgan fingerprint density at radius 3 is 2.23 bits per heavy atom. The molecule has 122 valence electrons. The van der Waals surface area contributed by atoms with Gasteiger partial charge in [0.2, 0.25) is 0 Å². The maximum absolute atomic E-state index is 12.3. The van der Waals surface area contributed by atoms with Gasteiger partial charge in [0.1, 0.15) is 5.60 Å². The maximum Gasteiger partial charge on any atom is 0.410 e. The van der Waals surface area contributed by atoms with Gasteiger partial charge in [0.25, 0.3) is 0 Å². The van der Waals surface area contributed by atoms with Gasteiger partial charge in [-0.3, -0.25) is 0 Å². The summed E-state index contributed by atoms with van der Waals surface area (Å²) in [5, 5.41) is 8.91. The highest BCUT2D eigenvalue weighted by Gasteiger charge is 2.22. The number of carbonyl (C=O) groups is 2. The molecule has 0 heterocycles. The Balaban J connectivity index is 2.79. The SMILES string of the molecule is CCCCN(Cc1ccc(C(=O)O)cc1)C(=O)OC(C)(C)C. The Bertz CT molecular complexity index is 502. The van der Waals surface area contributed by atoms with Crippen molar-refractivity contribution in [2.24, 2.45) is 0 Å². The Morgan fingerprint density at radius 2 is 1.77 bits per heavy atom. The summed E-state index contributed by atoms with van der Waals surface area (Å²) in [4.78, 5) is 24.8. The third-order valence-electron chi connectivity index (χ3n) is 3.01. The number of amides is 1. The fraction of sp³-hybridized carbons (Fsp3) is 0.529. The number of unbranched alkanes of at least 4 members (excludes halogenated alkanes) is 1. The molecule has 0 aliphatic rings. The summed E-state index contributed by atoms with van der Waals surface area (Å²) >= 11 is 0. The predicted molar refractivity (Wildman–Crippen MR) is 85.0 cm³/mol. The lowest BCUT2D eigenvalue weighted by Gasteiger charge is -2.27. The normalized spacial score (nSPS) is 11.1. The fourth-order valence-corrected chi connectivity index (χ4v) is 1.88. The highest BCUT2D eigenvalue weighted by atomic mass is 16.6. The second kappa shape index (κ2) is 7.82. The molecule has 0 aliphatic carbocycles. The standard InChI is InChI=1S/C17H25NO4/c1-5-6-11-18(16(21)22-17(2,3)4)12-13-7-9-14(10-8-13)15(19)20/h7-10H,5-6,11-12H2,1-4H3,(H,19,20). The monoisotopic (exact) mass is 307 g/mol. The molecular weight excluding hydrogens is 282 g/mol. The van der Waals surface area contributed by atoms with Crippen LogP contribution in [0, 0.1) is 0 Å². The van der Waals surface area contributed by atoms with Crippen molar-refractivity contribution in [2.75, 3.05) is 6.54 Å². The number of carboxylic acids is 1. The molecule has 0 saturated heterocycles. The van der Waals surface area contributed by atoms with E-state index >= 15 is 0 Å². The van der Waals surface area contributed by atoms with Gasteiger partial charge in [-0.2, -0.15) is 0 Å². The Labute approximate surface area is 131 Å². The Kier molecular flexibility index (Phi) is 6.40. The van der Waals surface area contributed by atoms with Gasteiger partial charge in [-0.25, -0.2) is 9.59 Å². The van der Waals surface area contributed by atoms with E-state index in [4.69, 9.17) is 9.84 Å². The van der Waals surface area contributed by atoms with Gasteiger partial charge in [0.05, 0.1) is 5.56 Å². The van der Waals surface area contributed by atoms with E-state index in [1.165, 1.54) is 0 Å². The zero-order valence-corrected chi connectivity index (χ0v) is 13.8. The molecule has 0 bridgehead atoms. The molecule has 1 amide bonds. The van der Waals surface area contributed by atoms with Crippen molar-refractivity contribution in [3.05, 3.63) is 35.4 Å². The molecule has 0 aromatic heterocycles. The molecule has 1 aromatic carbocycles. The van der Waals surface area contributed by atoms with E-state index in [-0.39, 0.29) is 11.7 Å². The van der Waals surface area contributed by atoms with Crippen LogP contribution >= 0.6 is 0 Å². The number of carboxylic acid groups (broad SMARTS) is 1. The summed E-state index contributed by atoms with van der Waals surface area (Å²) in [6, 6.07) is 6.55. The lowest BCUT2D eigenvalue weighted by atomic mass is 10.1. The third-order valence-corrected chi connectivity index (χ3v) is 3.01. The molecule has 0 atom stereocenters. The lowest BCUT2D eigenvalue weighted by molar-refractivity contribution is 0.0231. The predicted octanol–water partition coefficient (Wildman–Crippen LogP) is 3.92. The van der Waals surface area contributed by atoms with Crippen molar-refractivity contribution >= 4 is 12.1 Å². The smallest absolute Gasteiger partial charge is 0.410 e. The van der Waals surface area contributed by atoms with Crippen LogP contribution in [0.4, 0.5) is 4.79 Å². The van der Waals surface area contributed by atoms with Gasteiger partial charge < -0.3 is 14.7 Å². The molecule has 1 N–H and O–H groups in total.